The van der Waals surface area contributed by atoms with Gasteiger partial charge in [-0.1, -0.05) is 12.2 Å². The topological polar surface area (TPSA) is 149 Å². The Morgan fingerprint density at radius 1 is 1.22 bits per heavy atom. The Morgan fingerprint density at radius 3 is 2.70 bits per heavy atom. The Balaban J connectivity index is 1.95. The quantitative estimate of drug-likeness (QED) is 0.302. The van der Waals surface area contributed by atoms with Gasteiger partial charge in [-0.25, -0.2) is 0 Å². The van der Waals surface area contributed by atoms with E-state index in [4.69, 9.17) is 0 Å². The van der Waals surface area contributed by atoms with E-state index in [0.29, 0.717) is 12.8 Å². The van der Waals surface area contributed by atoms with Gasteiger partial charge in [-0.2, -0.15) is 0 Å². The molecule has 23 heavy (non-hydrogen) atoms. The Bertz CT molecular complexity index is 887. The molecule has 118 valence electrons. The molecule has 1 saturated carbocycles. The van der Waals surface area contributed by atoms with Gasteiger partial charge >= 0.3 is 11.2 Å². The number of rotatable bonds is 1. The van der Waals surface area contributed by atoms with Gasteiger partial charge in [0.2, 0.25) is 5.69 Å². The zero-order chi connectivity index (χ0) is 15.9. The van der Waals surface area contributed by atoms with Crippen molar-refractivity contribution < 1.29 is 24.0 Å². The lowest BCUT2D eigenvalue weighted by Crippen LogP contribution is -2.58. The van der Waals surface area contributed by atoms with Crippen LogP contribution in [0.25, 0.3) is 11.4 Å². The highest BCUT2D eigenvalue weighted by atomic mass is 16.8. The maximum absolute atomic E-state index is 12.1. The van der Waals surface area contributed by atoms with Gasteiger partial charge in [-0.15, -0.1) is 0 Å². The zero-order valence-electron chi connectivity index (χ0n) is 11.5. The summed E-state index contributed by atoms with van der Waals surface area (Å²) in [5.74, 6) is -1.51. The molecule has 4 aliphatic carbocycles. The van der Waals surface area contributed by atoms with Crippen molar-refractivity contribution in [3.05, 3.63) is 44.1 Å². The lowest BCUT2D eigenvalue weighted by Gasteiger charge is -2.45. The SMILES string of the molecule is O=[N+]([O-])[C@@]12c3no[n+]([O-])c3-c3no[n+]([O-])c3[C@@H]1[C@@H]1C=C[C@H]2CC1. The van der Waals surface area contributed by atoms with Crippen molar-refractivity contribution in [2.75, 3.05) is 0 Å². The van der Waals surface area contributed by atoms with Crippen molar-refractivity contribution in [1.29, 1.82) is 0 Å². The Hall–Kier alpha value is -2.98. The summed E-state index contributed by atoms with van der Waals surface area (Å²) in [5, 5.41) is 43.4. The van der Waals surface area contributed by atoms with Crippen molar-refractivity contribution >= 4 is 0 Å². The van der Waals surface area contributed by atoms with Crippen LogP contribution >= 0.6 is 0 Å². The van der Waals surface area contributed by atoms with Crippen molar-refractivity contribution in [3.63, 3.8) is 0 Å². The highest BCUT2D eigenvalue weighted by molar-refractivity contribution is 5.63. The minimum Gasteiger partial charge on any atom is -0.359 e. The molecule has 2 heterocycles. The molecule has 1 fully saturated rings. The van der Waals surface area contributed by atoms with E-state index in [1.54, 1.807) is 6.08 Å². The van der Waals surface area contributed by atoms with Crippen LogP contribution in [0.2, 0.25) is 0 Å². The predicted molar refractivity (Wildman–Crippen MR) is 66.7 cm³/mol. The lowest BCUT2D eigenvalue weighted by molar-refractivity contribution is -0.811. The normalized spacial score (nSPS) is 33.1. The number of hydrogen-bond acceptors (Lipinski definition) is 8. The Kier molecular flexibility index (Phi) is 2.00. The molecule has 0 saturated heterocycles. The van der Waals surface area contributed by atoms with Gasteiger partial charge in [0.15, 0.2) is 0 Å². The summed E-state index contributed by atoms with van der Waals surface area (Å²) in [4.78, 5) is 11.9. The van der Waals surface area contributed by atoms with Crippen molar-refractivity contribution in [2.24, 2.45) is 11.8 Å². The van der Waals surface area contributed by atoms with Gasteiger partial charge in [-0.05, 0) is 28.6 Å². The standard InChI is InChI=1S/C12H9N5O6/c18-15-9-7-5-1-3-6(4-2-5)12(7,17(20)21)11-10(8(9)13-22-15)16(19)23-14-11/h1,3,5-7H,2,4H2/t5-,6+,7+,12-/m1/s1. The third-order valence-corrected chi connectivity index (χ3v) is 5.33. The predicted octanol–water partition coefficient (Wildman–Crippen LogP) is -0.238. The summed E-state index contributed by atoms with van der Waals surface area (Å²) in [7, 11) is 0. The molecule has 4 aliphatic rings. The Morgan fingerprint density at radius 2 is 2.00 bits per heavy atom. The largest absolute Gasteiger partial charge is 0.359 e. The number of nitro groups is 1. The molecule has 0 N–H and O–H groups in total. The number of aromatic nitrogens is 4. The van der Waals surface area contributed by atoms with Crippen LogP contribution in [0.3, 0.4) is 0 Å². The van der Waals surface area contributed by atoms with Crippen molar-refractivity contribution in [3.8, 4) is 11.4 Å². The molecule has 0 aromatic carbocycles. The summed E-state index contributed by atoms with van der Waals surface area (Å²) in [5.41, 5.74) is -2.04. The molecule has 11 heteroatoms. The smallest absolute Gasteiger partial charge is 0.310 e. The second-order valence-corrected chi connectivity index (χ2v) is 6.08. The maximum Gasteiger partial charge on any atom is 0.310 e. The second kappa shape index (κ2) is 3.67. The monoisotopic (exact) mass is 319 g/mol. The highest BCUT2D eigenvalue weighted by Gasteiger charge is 2.74. The summed E-state index contributed by atoms with van der Waals surface area (Å²) in [6.45, 7) is 0. The van der Waals surface area contributed by atoms with Crippen molar-refractivity contribution in [1.82, 2.24) is 10.3 Å². The van der Waals surface area contributed by atoms with E-state index in [9.17, 15) is 20.5 Å². The third kappa shape index (κ3) is 1.16. The molecule has 0 amide bonds. The summed E-state index contributed by atoms with van der Waals surface area (Å²) in [6, 6.07) is 0. The first-order chi connectivity index (χ1) is 11.1. The highest BCUT2D eigenvalue weighted by Crippen LogP contribution is 2.61. The van der Waals surface area contributed by atoms with Crippen LogP contribution in [-0.4, -0.2) is 15.2 Å². The van der Waals surface area contributed by atoms with E-state index in [2.05, 4.69) is 19.6 Å². The average Bonchev–Trinajstić information content (AvgIpc) is 3.12. The van der Waals surface area contributed by atoms with Crippen LogP contribution in [0.5, 0.6) is 0 Å². The fourth-order valence-electron chi connectivity index (χ4n) is 4.50. The van der Waals surface area contributed by atoms with E-state index in [1.807, 2.05) is 6.08 Å². The molecular formula is C12H9N5O6. The summed E-state index contributed by atoms with van der Waals surface area (Å²) in [6.07, 6.45) is 4.93. The average molecular weight is 319 g/mol. The molecule has 0 aliphatic heterocycles. The molecule has 2 aromatic heterocycles. The van der Waals surface area contributed by atoms with Crippen LogP contribution in [0, 0.1) is 32.4 Å². The summed E-state index contributed by atoms with van der Waals surface area (Å²) >= 11 is 0. The minimum absolute atomic E-state index is 0.000972. The van der Waals surface area contributed by atoms with Crippen molar-refractivity contribution in [2.45, 2.75) is 24.3 Å². The molecule has 0 radical (unpaired) electrons. The summed E-state index contributed by atoms with van der Waals surface area (Å²) < 4.78 is 9.23. The van der Waals surface area contributed by atoms with Gasteiger partial charge in [0.25, 0.3) is 11.4 Å². The number of fused-ring (bicyclic) bond motifs is 4. The molecule has 0 spiro atoms. The van der Waals surface area contributed by atoms with Gasteiger partial charge < -0.3 is 10.4 Å². The number of allylic oxidation sites excluding steroid dienone is 1. The van der Waals surface area contributed by atoms with Crippen LogP contribution in [0.1, 0.15) is 30.1 Å². The first kappa shape index (κ1) is 12.6. The molecule has 6 rings (SSSR count). The molecule has 4 atom stereocenters. The third-order valence-electron chi connectivity index (χ3n) is 5.33. The first-order valence-corrected chi connectivity index (χ1v) is 7.09. The van der Waals surface area contributed by atoms with Gasteiger partial charge in [-0.3, -0.25) is 19.4 Å². The van der Waals surface area contributed by atoms with Crippen LogP contribution in [0.4, 0.5) is 0 Å². The lowest BCUT2D eigenvalue weighted by atomic mass is 9.53. The van der Waals surface area contributed by atoms with E-state index in [1.165, 1.54) is 0 Å². The van der Waals surface area contributed by atoms with E-state index >= 15 is 0 Å². The van der Waals surface area contributed by atoms with Crippen LogP contribution in [0.15, 0.2) is 21.4 Å². The molecule has 2 bridgehead atoms. The maximum atomic E-state index is 12.1. The van der Waals surface area contributed by atoms with E-state index in [0.717, 1.165) is 0 Å². The first-order valence-electron chi connectivity index (χ1n) is 7.09. The Labute approximate surface area is 127 Å². The van der Waals surface area contributed by atoms with Gasteiger partial charge in [0, 0.05) is 10.1 Å². The van der Waals surface area contributed by atoms with Crippen LogP contribution < -0.4 is 9.81 Å². The minimum atomic E-state index is -1.71. The zero-order valence-corrected chi connectivity index (χ0v) is 11.5. The number of hydrogen-bond donors (Lipinski definition) is 0. The fourth-order valence-corrected chi connectivity index (χ4v) is 4.50. The van der Waals surface area contributed by atoms with Gasteiger partial charge in [0.1, 0.15) is 5.92 Å². The molecule has 0 unspecified atom stereocenters. The molecular weight excluding hydrogens is 310 g/mol. The van der Waals surface area contributed by atoms with E-state index in [-0.39, 0.29) is 38.5 Å². The number of nitrogens with zero attached hydrogens (tertiary/aromatic N) is 5. The molecule has 11 nitrogen and oxygen atoms in total. The fraction of sp³-hybridized carbons (Fsp3) is 0.500. The van der Waals surface area contributed by atoms with E-state index < -0.39 is 22.3 Å². The second-order valence-electron chi connectivity index (χ2n) is 6.08. The van der Waals surface area contributed by atoms with Gasteiger partial charge in [0.05, 0.1) is 11.1 Å². The molecule has 2 aromatic rings. The van der Waals surface area contributed by atoms with Crippen LogP contribution in [-0.2, 0) is 5.54 Å².